The van der Waals surface area contributed by atoms with E-state index >= 15 is 0 Å². The Hall–Kier alpha value is -1.90. The van der Waals surface area contributed by atoms with Crippen LogP contribution in [0.25, 0.3) is 12.2 Å². The first kappa shape index (κ1) is 14.2. The summed E-state index contributed by atoms with van der Waals surface area (Å²) < 4.78 is 0. The van der Waals surface area contributed by atoms with Gasteiger partial charge in [0.25, 0.3) is 0 Å². The van der Waals surface area contributed by atoms with Crippen LogP contribution >= 0.6 is 0 Å². The SMILES string of the molecule is Oc1ccc(C=Cc2cc(O)cc(O)c2)cc1.[Cu]. The van der Waals surface area contributed by atoms with Crippen LogP contribution in [-0.2, 0) is 17.1 Å². The second kappa shape index (κ2) is 6.15. The molecule has 0 saturated heterocycles. The van der Waals surface area contributed by atoms with Gasteiger partial charge >= 0.3 is 0 Å². The van der Waals surface area contributed by atoms with Gasteiger partial charge in [0.15, 0.2) is 0 Å². The molecule has 0 aliphatic rings. The van der Waals surface area contributed by atoms with Crippen LogP contribution in [0.3, 0.4) is 0 Å². The van der Waals surface area contributed by atoms with Gasteiger partial charge in [-0.1, -0.05) is 24.3 Å². The molecule has 18 heavy (non-hydrogen) atoms. The molecular weight excluding hydrogens is 280 g/mol. The van der Waals surface area contributed by atoms with Gasteiger partial charge in [0.05, 0.1) is 0 Å². The van der Waals surface area contributed by atoms with Gasteiger partial charge in [-0.3, -0.25) is 0 Å². The predicted molar refractivity (Wildman–Crippen MR) is 66.8 cm³/mol. The molecule has 0 unspecified atom stereocenters. The Morgan fingerprint density at radius 3 is 1.67 bits per heavy atom. The van der Waals surface area contributed by atoms with E-state index in [0.717, 1.165) is 5.56 Å². The standard InChI is InChI=1S/C14H12O3.Cu/c15-12-5-3-10(4-6-12)1-2-11-7-13(16)9-14(17)8-11;/h1-9,15-17H;. The molecule has 0 saturated carbocycles. The quantitative estimate of drug-likeness (QED) is 0.589. The Labute approximate surface area is 116 Å². The van der Waals surface area contributed by atoms with E-state index in [-0.39, 0.29) is 34.3 Å². The van der Waals surface area contributed by atoms with E-state index in [2.05, 4.69) is 0 Å². The molecule has 4 heteroatoms. The van der Waals surface area contributed by atoms with Crippen LogP contribution in [0.1, 0.15) is 11.1 Å². The number of hydrogen-bond donors (Lipinski definition) is 3. The van der Waals surface area contributed by atoms with E-state index in [4.69, 9.17) is 5.11 Å². The van der Waals surface area contributed by atoms with Crippen molar-refractivity contribution in [2.75, 3.05) is 0 Å². The minimum absolute atomic E-state index is 0. The van der Waals surface area contributed by atoms with Gasteiger partial charge in [-0.25, -0.2) is 0 Å². The molecule has 0 spiro atoms. The van der Waals surface area contributed by atoms with Crippen LogP contribution in [0, 0.1) is 0 Å². The maximum atomic E-state index is 9.30. The Balaban J connectivity index is 0.00000162. The van der Waals surface area contributed by atoms with Gasteiger partial charge in [-0.2, -0.15) is 0 Å². The van der Waals surface area contributed by atoms with Crippen molar-refractivity contribution in [1.82, 2.24) is 0 Å². The first-order valence-corrected chi connectivity index (χ1v) is 5.13. The second-order valence-corrected chi connectivity index (χ2v) is 3.71. The van der Waals surface area contributed by atoms with Crippen LogP contribution in [0.2, 0.25) is 0 Å². The normalized spacial score (nSPS) is 10.2. The summed E-state index contributed by atoms with van der Waals surface area (Å²) in [6, 6.07) is 11.1. The molecule has 3 nitrogen and oxygen atoms in total. The number of aromatic hydroxyl groups is 3. The molecule has 2 rings (SSSR count). The average molecular weight is 292 g/mol. The van der Waals surface area contributed by atoms with Crippen LogP contribution < -0.4 is 0 Å². The summed E-state index contributed by atoms with van der Waals surface area (Å²) in [7, 11) is 0. The molecule has 97 valence electrons. The second-order valence-electron chi connectivity index (χ2n) is 3.71. The van der Waals surface area contributed by atoms with Crippen molar-refractivity contribution in [1.29, 1.82) is 0 Å². The van der Waals surface area contributed by atoms with E-state index in [9.17, 15) is 10.2 Å². The number of phenols is 3. The third-order valence-electron chi connectivity index (χ3n) is 2.29. The summed E-state index contributed by atoms with van der Waals surface area (Å²) in [5.41, 5.74) is 1.63. The van der Waals surface area contributed by atoms with Crippen molar-refractivity contribution in [2.24, 2.45) is 0 Å². The smallest absolute Gasteiger partial charge is 0.119 e. The molecule has 0 aromatic heterocycles. The number of hydrogen-bond acceptors (Lipinski definition) is 3. The van der Waals surface area contributed by atoms with Gasteiger partial charge < -0.3 is 15.3 Å². The molecule has 1 radical (unpaired) electrons. The third kappa shape index (κ3) is 3.84. The molecule has 2 aromatic carbocycles. The van der Waals surface area contributed by atoms with Gasteiger partial charge in [0, 0.05) is 23.1 Å². The summed E-state index contributed by atoms with van der Waals surface area (Å²) in [5.74, 6) is 0.267. The van der Waals surface area contributed by atoms with E-state index in [1.54, 1.807) is 42.5 Å². The van der Waals surface area contributed by atoms with Crippen molar-refractivity contribution in [2.45, 2.75) is 0 Å². The van der Waals surface area contributed by atoms with Gasteiger partial charge in [-0.15, -0.1) is 0 Å². The zero-order chi connectivity index (χ0) is 12.3. The monoisotopic (exact) mass is 291 g/mol. The number of rotatable bonds is 2. The Bertz CT molecular complexity index is 527. The van der Waals surface area contributed by atoms with Crippen LogP contribution in [0.5, 0.6) is 17.2 Å². The van der Waals surface area contributed by atoms with E-state index < -0.39 is 0 Å². The number of phenolic OH excluding ortho intramolecular Hbond substituents is 3. The van der Waals surface area contributed by atoms with Gasteiger partial charge in [0.1, 0.15) is 17.2 Å². The van der Waals surface area contributed by atoms with E-state index in [0.29, 0.717) is 5.56 Å². The molecule has 0 fully saturated rings. The van der Waals surface area contributed by atoms with Gasteiger partial charge in [-0.05, 0) is 35.4 Å². The fourth-order valence-electron chi connectivity index (χ4n) is 1.49. The summed E-state index contributed by atoms with van der Waals surface area (Å²) in [6.07, 6.45) is 3.60. The average Bonchev–Trinajstić information content (AvgIpc) is 2.27. The predicted octanol–water partition coefficient (Wildman–Crippen LogP) is 2.97. The van der Waals surface area contributed by atoms with Crippen molar-refractivity contribution in [3.05, 3.63) is 53.6 Å². The summed E-state index contributed by atoms with van der Waals surface area (Å²) in [6.45, 7) is 0. The van der Waals surface area contributed by atoms with Crippen LogP contribution in [0.15, 0.2) is 42.5 Å². The Kier molecular flexibility index (Phi) is 4.84. The molecular formula is C14H12CuO3. The van der Waals surface area contributed by atoms with Gasteiger partial charge in [0.2, 0.25) is 0 Å². The zero-order valence-electron chi connectivity index (χ0n) is 9.34. The third-order valence-corrected chi connectivity index (χ3v) is 2.29. The minimum Gasteiger partial charge on any atom is -0.508 e. The largest absolute Gasteiger partial charge is 0.508 e. The zero-order valence-corrected chi connectivity index (χ0v) is 10.3. The van der Waals surface area contributed by atoms with Crippen molar-refractivity contribution in [3.8, 4) is 17.2 Å². The van der Waals surface area contributed by atoms with Crippen molar-refractivity contribution < 1.29 is 32.4 Å². The molecule has 0 heterocycles. The molecule has 0 atom stereocenters. The maximum absolute atomic E-state index is 9.30. The van der Waals surface area contributed by atoms with Crippen molar-refractivity contribution in [3.63, 3.8) is 0 Å². The topological polar surface area (TPSA) is 60.7 Å². The molecule has 2 aromatic rings. The molecule has 0 amide bonds. The first-order valence-electron chi connectivity index (χ1n) is 5.13. The minimum atomic E-state index is 0. The fraction of sp³-hybridized carbons (Fsp3) is 0. The molecule has 0 aliphatic heterocycles. The molecule has 0 bridgehead atoms. The Morgan fingerprint density at radius 1 is 0.611 bits per heavy atom. The Morgan fingerprint density at radius 2 is 1.11 bits per heavy atom. The van der Waals surface area contributed by atoms with Crippen LogP contribution in [-0.4, -0.2) is 15.3 Å². The maximum Gasteiger partial charge on any atom is 0.119 e. The number of benzene rings is 2. The summed E-state index contributed by atoms with van der Waals surface area (Å²) in [4.78, 5) is 0. The summed E-state index contributed by atoms with van der Waals surface area (Å²) in [5, 5.41) is 27.7. The molecule has 3 N–H and O–H groups in total. The first-order chi connectivity index (χ1) is 8.13. The van der Waals surface area contributed by atoms with E-state index in [1.807, 2.05) is 6.08 Å². The van der Waals surface area contributed by atoms with Crippen molar-refractivity contribution >= 4 is 12.2 Å². The van der Waals surface area contributed by atoms with Crippen LogP contribution in [0.4, 0.5) is 0 Å². The molecule has 0 aliphatic carbocycles. The van der Waals surface area contributed by atoms with E-state index in [1.165, 1.54) is 6.07 Å². The fourth-order valence-corrected chi connectivity index (χ4v) is 1.49. The summed E-state index contributed by atoms with van der Waals surface area (Å²) >= 11 is 0.